The van der Waals surface area contributed by atoms with Gasteiger partial charge in [-0.05, 0) is 15.9 Å². The van der Waals surface area contributed by atoms with Gasteiger partial charge in [0.15, 0.2) is 0 Å². The fraction of sp³-hybridized carbons (Fsp3) is 0. The topological polar surface area (TPSA) is 52.0 Å². The maximum absolute atomic E-state index is 5.72. The molecule has 0 aromatic carbocycles. The highest BCUT2D eigenvalue weighted by Crippen LogP contribution is 2.37. The van der Waals surface area contributed by atoms with Crippen molar-refractivity contribution in [1.82, 2.24) is 4.98 Å². The highest BCUT2D eigenvalue weighted by atomic mass is 79.9. The zero-order valence-corrected chi connectivity index (χ0v) is 8.35. The average Bonchev–Trinajstić information content (AvgIpc) is 2.61. The molecule has 2 heterocycles. The summed E-state index contributed by atoms with van der Waals surface area (Å²) in [5.74, 6) is 0.556. The maximum Gasteiger partial charge on any atom is 0.230 e. The Hall–Kier alpha value is -0.810. The first-order chi connectivity index (χ1) is 5.79. The van der Waals surface area contributed by atoms with E-state index < -0.39 is 0 Å². The molecule has 0 atom stereocenters. The van der Waals surface area contributed by atoms with Crippen LogP contribution in [0.25, 0.3) is 11.5 Å². The summed E-state index contributed by atoms with van der Waals surface area (Å²) in [4.78, 5) is 4.01. The lowest BCUT2D eigenvalue weighted by molar-refractivity contribution is 0.575. The molecule has 12 heavy (non-hydrogen) atoms. The lowest BCUT2D eigenvalue weighted by Crippen LogP contribution is -1.83. The van der Waals surface area contributed by atoms with Crippen LogP contribution in [0.4, 0.5) is 5.00 Å². The van der Waals surface area contributed by atoms with Gasteiger partial charge in [0.05, 0.1) is 16.8 Å². The minimum absolute atomic E-state index is 0.556. The van der Waals surface area contributed by atoms with Gasteiger partial charge in [-0.2, -0.15) is 0 Å². The molecule has 0 radical (unpaired) electrons. The predicted molar refractivity (Wildman–Crippen MR) is 51.9 cm³/mol. The number of thiophene rings is 1. The van der Waals surface area contributed by atoms with Crippen molar-refractivity contribution < 1.29 is 4.42 Å². The van der Waals surface area contributed by atoms with E-state index in [1.54, 1.807) is 6.20 Å². The molecule has 0 spiro atoms. The Balaban J connectivity index is 2.60. The molecule has 2 N–H and O–H groups in total. The van der Waals surface area contributed by atoms with E-state index in [-0.39, 0.29) is 0 Å². The molecule has 0 aliphatic carbocycles. The quantitative estimate of drug-likeness (QED) is 0.840. The van der Waals surface area contributed by atoms with Gasteiger partial charge in [-0.25, -0.2) is 4.98 Å². The maximum atomic E-state index is 5.72. The van der Waals surface area contributed by atoms with Crippen LogP contribution in [0.3, 0.4) is 0 Å². The van der Waals surface area contributed by atoms with Crippen molar-refractivity contribution in [2.45, 2.75) is 0 Å². The van der Waals surface area contributed by atoms with Crippen LogP contribution in [-0.2, 0) is 0 Å². The molecule has 2 rings (SSSR count). The van der Waals surface area contributed by atoms with Gasteiger partial charge >= 0.3 is 0 Å². The van der Waals surface area contributed by atoms with Gasteiger partial charge < -0.3 is 10.2 Å². The summed E-state index contributed by atoms with van der Waals surface area (Å²) in [7, 11) is 0. The third kappa shape index (κ3) is 1.15. The van der Waals surface area contributed by atoms with Gasteiger partial charge in [0.2, 0.25) is 5.89 Å². The number of nitrogens with zero attached hydrogens (tertiary/aromatic N) is 1. The standard InChI is InChI=1S/C7H5BrN2OS/c8-4-3-12-6(9)5(4)7-10-1-2-11-7/h1-3H,9H2. The molecule has 0 amide bonds. The summed E-state index contributed by atoms with van der Waals surface area (Å²) >= 11 is 4.83. The van der Waals surface area contributed by atoms with Gasteiger partial charge in [-0.15, -0.1) is 11.3 Å². The Bertz CT molecular complexity index is 363. The van der Waals surface area contributed by atoms with Crippen LogP contribution in [0.15, 0.2) is 26.7 Å². The number of oxazole rings is 1. The zero-order chi connectivity index (χ0) is 8.55. The second-order valence-corrected chi connectivity index (χ2v) is 3.93. The zero-order valence-electron chi connectivity index (χ0n) is 5.95. The third-order valence-corrected chi connectivity index (χ3v) is 3.16. The van der Waals surface area contributed by atoms with Crippen molar-refractivity contribution >= 4 is 32.3 Å². The summed E-state index contributed by atoms with van der Waals surface area (Å²) in [6.07, 6.45) is 3.12. The Morgan fingerprint density at radius 2 is 2.42 bits per heavy atom. The monoisotopic (exact) mass is 244 g/mol. The molecule has 5 heteroatoms. The summed E-state index contributed by atoms with van der Waals surface area (Å²) in [5.41, 5.74) is 6.56. The summed E-state index contributed by atoms with van der Waals surface area (Å²) < 4.78 is 6.05. The lowest BCUT2D eigenvalue weighted by atomic mass is 10.3. The first kappa shape index (κ1) is 7.82. The first-order valence-electron chi connectivity index (χ1n) is 3.21. The second-order valence-electron chi connectivity index (χ2n) is 2.16. The predicted octanol–water partition coefficient (Wildman–Crippen LogP) is 2.75. The Labute approximate surface area is 81.4 Å². The third-order valence-electron chi connectivity index (χ3n) is 1.42. The van der Waals surface area contributed by atoms with E-state index in [0.29, 0.717) is 10.9 Å². The van der Waals surface area contributed by atoms with Gasteiger partial charge in [-0.1, -0.05) is 0 Å². The normalized spacial score (nSPS) is 10.4. The number of nitrogen functional groups attached to an aromatic ring is 1. The van der Waals surface area contributed by atoms with E-state index >= 15 is 0 Å². The number of nitrogens with two attached hydrogens (primary N) is 1. The van der Waals surface area contributed by atoms with E-state index in [0.717, 1.165) is 10.0 Å². The molecule has 2 aromatic rings. The van der Waals surface area contributed by atoms with Crippen LogP contribution in [0.2, 0.25) is 0 Å². The number of anilines is 1. The molecule has 0 aliphatic heterocycles. The van der Waals surface area contributed by atoms with E-state index in [2.05, 4.69) is 20.9 Å². The van der Waals surface area contributed by atoms with Gasteiger partial charge in [0.25, 0.3) is 0 Å². The van der Waals surface area contributed by atoms with Crippen molar-refractivity contribution in [2.24, 2.45) is 0 Å². The molecular weight excluding hydrogens is 240 g/mol. The lowest BCUT2D eigenvalue weighted by Gasteiger charge is -1.93. The van der Waals surface area contributed by atoms with Crippen LogP contribution in [0.1, 0.15) is 0 Å². The highest BCUT2D eigenvalue weighted by molar-refractivity contribution is 9.10. The highest BCUT2D eigenvalue weighted by Gasteiger charge is 2.12. The number of hydrogen-bond acceptors (Lipinski definition) is 4. The number of hydrogen-bond donors (Lipinski definition) is 1. The summed E-state index contributed by atoms with van der Waals surface area (Å²) in [6, 6.07) is 0. The number of halogens is 1. The van der Waals surface area contributed by atoms with Crippen LogP contribution in [0, 0.1) is 0 Å². The molecule has 0 bridgehead atoms. The molecule has 0 saturated carbocycles. The van der Waals surface area contributed by atoms with Crippen molar-refractivity contribution in [3.63, 3.8) is 0 Å². The Morgan fingerprint density at radius 3 is 2.92 bits per heavy atom. The fourth-order valence-corrected chi connectivity index (χ4v) is 2.36. The SMILES string of the molecule is Nc1scc(Br)c1-c1ncco1. The summed E-state index contributed by atoms with van der Waals surface area (Å²) in [5, 5.41) is 2.62. The Kier molecular flexibility index (Phi) is 1.90. The molecule has 0 saturated heterocycles. The molecule has 0 aliphatic rings. The Morgan fingerprint density at radius 1 is 1.58 bits per heavy atom. The molecule has 0 fully saturated rings. The van der Waals surface area contributed by atoms with E-state index in [9.17, 15) is 0 Å². The number of aromatic nitrogens is 1. The van der Waals surface area contributed by atoms with Crippen LogP contribution < -0.4 is 5.73 Å². The first-order valence-corrected chi connectivity index (χ1v) is 4.88. The molecule has 62 valence electrons. The van der Waals surface area contributed by atoms with Crippen molar-refractivity contribution in [3.05, 3.63) is 22.3 Å². The van der Waals surface area contributed by atoms with Crippen LogP contribution in [-0.4, -0.2) is 4.98 Å². The van der Waals surface area contributed by atoms with Crippen LogP contribution >= 0.6 is 27.3 Å². The molecule has 3 nitrogen and oxygen atoms in total. The fourth-order valence-electron chi connectivity index (χ4n) is 0.905. The average molecular weight is 245 g/mol. The molecule has 0 unspecified atom stereocenters. The molecular formula is C7H5BrN2OS. The summed E-state index contributed by atoms with van der Waals surface area (Å²) in [6.45, 7) is 0. The molecule has 2 aromatic heterocycles. The van der Waals surface area contributed by atoms with Crippen molar-refractivity contribution in [2.75, 3.05) is 5.73 Å². The van der Waals surface area contributed by atoms with Crippen molar-refractivity contribution in [1.29, 1.82) is 0 Å². The van der Waals surface area contributed by atoms with Crippen LogP contribution in [0.5, 0.6) is 0 Å². The van der Waals surface area contributed by atoms with E-state index in [1.807, 2.05) is 5.38 Å². The van der Waals surface area contributed by atoms with Gasteiger partial charge in [0.1, 0.15) is 6.26 Å². The van der Waals surface area contributed by atoms with Gasteiger partial charge in [0, 0.05) is 9.85 Å². The largest absolute Gasteiger partial charge is 0.444 e. The van der Waals surface area contributed by atoms with Crippen molar-refractivity contribution in [3.8, 4) is 11.5 Å². The smallest absolute Gasteiger partial charge is 0.230 e. The van der Waals surface area contributed by atoms with Gasteiger partial charge in [-0.3, -0.25) is 0 Å². The second kappa shape index (κ2) is 2.91. The van der Waals surface area contributed by atoms with E-state index in [4.69, 9.17) is 10.2 Å². The minimum atomic E-state index is 0.556. The minimum Gasteiger partial charge on any atom is -0.444 e. The number of rotatable bonds is 1. The van der Waals surface area contributed by atoms with E-state index in [1.165, 1.54) is 17.6 Å².